The third-order valence-corrected chi connectivity index (χ3v) is 2.08. The highest BCUT2D eigenvalue weighted by Gasteiger charge is 1.89. The molecule has 0 atom stereocenters. The maximum atomic E-state index is 3.90. The summed E-state index contributed by atoms with van der Waals surface area (Å²) in [4.78, 5) is 0. The lowest BCUT2D eigenvalue weighted by Crippen LogP contribution is -2.12. The molecule has 0 fully saturated rings. The summed E-state index contributed by atoms with van der Waals surface area (Å²) in [6.45, 7) is 17.4. The molecule has 0 spiro atoms. The molecule has 0 aromatic rings. The zero-order valence-corrected chi connectivity index (χ0v) is 12.7. The van der Waals surface area contributed by atoms with Crippen LogP contribution in [0.25, 0.3) is 0 Å². The second kappa shape index (κ2) is 24.0. The Labute approximate surface area is 105 Å². The predicted octanol–water partition coefficient (Wildman–Crippen LogP) is 5.52. The molecule has 0 unspecified atom stereocenters. The first-order chi connectivity index (χ1) is 7.81. The second-order valence-corrected chi connectivity index (χ2v) is 3.30. The van der Waals surface area contributed by atoms with E-state index >= 15 is 0 Å². The van der Waals surface area contributed by atoms with Gasteiger partial charge in [-0.3, -0.25) is 0 Å². The Hall–Kier alpha value is -0.460. The molecule has 0 saturated heterocycles. The van der Waals surface area contributed by atoms with E-state index in [0.29, 0.717) is 0 Å². The lowest BCUT2D eigenvalue weighted by Gasteiger charge is -2.06. The van der Waals surface area contributed by atoms with E-state index in [4.69, 9.17) is 0 Å². The smallest absolute Gasteiger partial charge is 0.0143 e. The fraction of sp³-hybridized carbons (Fsp3) is 0.867. The van der Waals surface area contributed by atoms with E-state index in [1.54, 1.807) is 0 Å². The Balaban J connectivity index is -0.000000376. The molecule has 100 valence electrons. The van der Waals surface area contributed by atoms with Crippen LogP contribution in [-0.2, 0) is 0 Å². The number of nitrogens with one attached hydrogen (secondary N) is 1. The molecule has 16 heavy (non-hydrogen) atoms. The van der Waals surface area contributed by atoms with Crippen LogP contribution in [0, 0.1) is 0 Å². The molecular formula is C15H35N. The summed E-state index contributed by atoms with van der Waals surface area (Å²) < 4.78 is 0. The van der Waals surface area contributed by atoms with Gasteiger partial charge in [-0.15, -0.1) is 0 Å². The Bertz CT molecular complexity index is 108. The minimum Gasteiger partial charge on any atom is -0.389 e. The molecule has 0 radical (unpaired) electrons. The molecule has 0 rings (SSSR count). The van der Waals surface area contributed by atoms with Gasteiger partial charge in [0.1, 0.15) is 0 Å². The van der Waals surface area contributed by atoms with Crippen LogP contribution in [0.3, 0.4) is 0 Å². The van der Waals surface area contributed by atoms with Crippen molar-refractivity contribution in [2.75, 3.05) is 6.54 Å². The molecule has 0 amide bonds. The molecule has 0 aliphatic heterocycles. The Morgan fingerprint density at radius 2 is 1.38 bits per heavy atom. The molecule has 0 aliphatic rings. The Morgan fingerprint density at radius 3 is 1.81 bits per heavy atom. The molecule has 0 aromatic heterocycles. The molecule has 0 aromatic carbocycles. The molecule has 1 nitrogen and oxygen atoms in total. The highest BCUT2D eigenvalue weighted by molar-refractivity contribution is 4.88. The van der Waals surface area contributed by atoms with E-state index in [9.17, 15) is 0 Å². The van der Waals surface area contributed by atoms with Gasteiger partial charge in [-0.05, 0) is 12.8 Å². The van der Waals surface area contributed by atoms with Gasteiger partial charge < -0.3 is 5.32 Å². The summed E-state index contributed by atoms with van der Waals surface area (Å²) in [5.41, 5.74) is 1.17. The normalized spacial score (nSPS) is 8.12. The zero-order valence-electron chi connectivity index (χ0n) is 12.7. The summed E-state index contributed by atoms with van der Waals surface area (Å²) in [5, 5.41) is 3.31. The number of allylic oxidation sites excluding steroid dienone is 1. The standard InChI is InChI=1S/C11H23N.2C2H6/c1-4-6-7-8-9-10-12-11(3)5-2;2*1-2/h12H,3-10H2,1-2H3;2*1-2H3. The van der Waals surface area contributed by atoms with Gasteiger partial charge in [-0.2, -0.15) is 0 Å². The van der Waals surface area contributed by atoms with Crippen molar-refractivity contribution in [2.24, 2.45) is 0 Å². The van der Waals surface area contributed by atoms with Gasteiger partial charge >= 0.3 is 0 Å². The van der Waals surface area contributed by atoms with Crippen molar-refractivity contribution in [1.29, 1.82) is 0 Å². The first kappa shape index (κ1) is 20.9. The monoisotopic (exact) mass is 229 g/mol. The van der Waals surface area contributed by atoms with Crippen molar-refractivity contribution in [3.63, 3.8) is 0 Å². The fourth-order valence-corrected chi connectivity index (χ4v) is 1.12. The molecule has 0 aliphatic carbocycles. The molecule has 1 heteroatoms. The van der Waals surface area contributed by atoms with Crippen molar-refractivity contribution < 1.29 is 0 Å². The molecule has 0 saturated carbocycles. The SMILES string of the molecule is C=C(CC)NCCCCCCC.CC.CC. The molecule has 0 bridgehead atoms. The Morgan fingerprint density at radius 1 is 0.875 bits per heavy atom. The van der Waals surface area contributed by atoms with Crippen LogP contribution >= 0.6 is 0 Å². The highest BCUT2D eigenvalue weighted by atomic mass is 14.9. The van der Waals surface area contributed by atoms with E-state index in [1.165, 1.54) is 37.8 Å². The number of unbranched alkanes of at least 4 members (excludes halogenated alkanes) is 4. The van der Waals surface area contributed by atoms with Gasteiger partial charge in [-0.25, -0.2) is 0 Å². The van der Waals surface area contributed by atoms with Crippen molar-refractivity contribution in [3.05, 3.63) is 12.3 Å². The van der Waals surface area contributed by atoms with E-state index in [-0.39, 0.29) is 0 Å². The average molecular weight is 229 g/mol. The number of hydrogen-bond acceptors (Lipinski definition) is 1. The lowest BCUT2D eigenvalue weighted by atomic mass is 10.1. The summed E-state index contributed by atoms with van der Waals surface area (Å²) in [6, 6.07) is 0. The van der Waals surface area contributed by atoms with Crippen LogP contribution in [0.5, 0.6) is 0 Å². The van der Waals surface area contributed by atoms with E-state index in [0.717, 1.165) is 13.0 Å². The molecule has 1 N–H and O–H groups in total. The zero-order chi connectivity index (χ0) is 13.2. The van der Waals surface area contributed by atoms with Crippen LogP contribution in [0.4, 0.5) is 0 Å². The van der Waals surface area contributed by atoms with Crippen LogP contribution < -0.4 is 5.32 Å². The minimum atomic E-state index is 1.05. The van der Waals surface area contributed by atoms with Crippen molar-refractivity contribution in [1.82, 2.24) is 5.32 Å². The maximum Gasteiger partial charge on any atom is 0.0143 e. The van der Waals surface area contributed by atoms with Gasteiger partial charge in [0, 0.05) is 12.2 Å². The van der Waals surface area contributed by atoms with E-state index < -0.39 is 0 Å². The highest BCUT2D eigenvalue weighted by Crippen LogP contribution is 2.01. The van der Waals surface area contributed by atoms with Crippen molar-refractivity contribution >= 4 is 0 Å². The number of hydrogen-bond donors (Lipinski definition) is 1. The number of rotatable bonds is 8. The third-order valence-electron chi connectivity index (χ3n) is 2.08. The van der Waals surface area contributed by atoms with E-state index in [1.807, 2.05) is 27.7 Å². The Kier molecular flexibility index (Phi) is 31.3. The van der Waals surface area contributed by atoms with Gasteiger partial charge in [0.25, 0.3) is 0 Å². The van der Waals surface area contributed by atoms with Crippen molar-refractivity contribution in [3.8, 4) is 0 Å². The van der Waals surface area contributed by atoms with Gasteiger partial charge in [0.05, 0.1) is 0 Å². The van der Waals surface area contributed by atoms with Crippen LogP contribution in [0.1, 0.15) is 80.1 Å². The largest absolute Gasteiger partial charge is 0.389 e. The lowest BCUT2D eigenvalue weighted by molar-refractivity contribution is 0.607. The summed E-state index contributed by atoms with van der Waals surface area (Å²) >= 11 is 0. The molecule has 0 heterocycles. The van der Waals surface area contributed by atoms with E-state index in [2.05, 4.69) is 25.7 Å². The summed E-state index contributed by atoms with van der Waals surface area (Å²) in [5.74, 6) is 0. The van der Waals surface area contributed by atoms with Gasteiger partial charge in [0.15, 0.2) is 0 Å². The van der Waals surface area contributed by atoms with Crippen LogP contribution in [0.15, 0.2) is 12.3 Å². The average Bonchev–Trinajstić information content (AvgIpc) is 2.38. The first-order valence-corrected chi connectivity index (χ1v) is 7.22. The van der Waals surface area contributed by atoms with Crippen LogP contribution in [0.2, 0.25) is 0 Å². The first-order valence-electron chi connectivity index (χ1n) is 7.22. The fourth-order valence-electron chi connectivity index (χ4n) is 1.12. The summed E-state index contributed by atoms with van der Waals surface area (Å²) in [7, 11) is 0. The topological polar surface area (TPSA) is 12.0 Å². The van der Waals surface area contributed by atoms with Crippen LogP contribution in [-0.4, -0.2) is 6.54 Å². The minimum absolute atomic E-state index is 1.05. The van der Waals surface area contributed by atoms with Crippen molar-refractivity contribution in [2.45, 2.75) is 80.1 Å². The van der Waals surface area contributed by atoms with Gasteiger partial charge in [-0.1, -0.05) is 73.8 Å². The third kappa shape index (κ3) is 23.4. The quantitative estimate of drug-likeness (QED) is 0.540. The molecular weight excluding hydrogens is 194 g/mol. The summed E-state index contributed by atoms with van der Waals surface area (Å²) in [6.07, 6.45) is 7.80. The second-order valence-electron chi connectivity index (χ2n) is 3.30. The predicted molar refractivity (Wildman–Crippen MR) is 78.9 cm³/mol. The van der Waals surface area contributed by atoms with Gasteiger partial charge in [0.2, 0.25) is 0 Å². The maximum absolute atomic E-state index is 3.90.